The first-order chi connectivity index (χ1) is 14.4. The Kier molecular flexibility index (Phi) is 13.1. The van der Waals surface area contributed by atoms with E-state index in [4.69, 9.17) is 12.3 Å². The number of nitrogens with zero attached hydrogens (tertiary/aromatic N) is 1. The van der Waals surface area contributed by atoms with Crippen molar-refractivity contribution < 1.29 is 17.1 Å². The number of amides is 1. The van der Waals surface area contributed by atoms with Crippen molar-refractivity contribution in [3.05, 3.63) is 12.2 Å². The van der Waals surface area contributed by atoms with Gasteiger partial charge in [0.2, 0.25) is 5.91 Å². The van der Waals surface area contributed by atoms with E-state index in [1.807, 2.05) is 4.90 Å². The van der Waals surface area contributed by atoms with Crippen molar-refractivity contribution >= 4 is 39.7 Å². The molecule has 0 saturated heterocycles. The van der Waals surface area contributed by atoms with Gasteiger partial charge < -0.3 is 17.2 Å². The highest BCUT2D eigenvalue weighted by molar-refractivity contribution is 6.90. The van der Waals surface area contributed by atoms with E-state index in [0.29, 0.717) is 12.1 Å². The molecule has 0 aliphatic carbocycles. The van der Waals surface area contributed by atoms with E-state index in [2.05, 4.69) is 79.3 Å². The van der Waals surface area contributed by atoms with Gasteiger partial charge in [0, 0.05) is 12.1 Å². The smallest absolute Gasteiger partial charge is 0.416 e. The zero-order valence-corrected chi connectivity index (χ0v) is 27.3. The number of carbonyl (C=O) groups is 1. The standard InChI is InChI=1S/C23H53NO4Si4/c1-14-16-17-18-19-20-24(23(25)21(3)4)22(15-2)32(26-29(5,6)7,27-30(8,9)10)28-31(11,12)13/h22H,3,14-20H2,1-2,4-13H3. The Morgan fingerprint density at radius 3 is 1.50 bits per heavy atom. The Morgan fingerprint density at radius 2 is 1.19 bits per heavy atom. The van der Waals surface area contributed by atoms with Crippen LogP contribution in [0.15, 0.2) is 12.2 Å². The second kappa shape index (κ2) is 13.2. The van der Waals surface area contributed by atoms with E-state index in [1.54, 1.807) is 6.92 Å². The number of hydrogen-bond acceptors (Lipinski definition) is 4. The van der Waals surface area contributed by atoms with E-state index >= 15 is 0 Å². The molecule has 0 heterocycles. The van der Waals surface area contributed by atoms with Gasteiger partial charge in [0.15, 0.2) is 25.0 Å². The lowest BCUT2D eigenvalue weighted by Gasteiger charge is -2.49. The molecule has 0 aliphatic rings. The molecule has 0 saturated carbocycles. The molecule has 1 amide bonds. The highest BCUT2D eigenvalue weighted by atomic mass is 28.5. The van der Waals surface area contributed by atoms with E-state index in [9.17, 15) is 4.79 Å². The van der Waals surface area contributed by atoms with Crippen molar-refractivity contribution in [2.75, 3.05) is 6.54 Å². The number of hydrogen-bond donors (Lipinski definition) is 0. The molecule has 0 N–H and O–H groups in total. The van der Waals surface area contributed by atoms with Crippen LogP contribution in [-0.4, -0.2) is 56.8 Å². The van der Waals surface area contributed by atoms with Crippen LogP contribution in [0.1, 0.15) is 59.3 Å². The first-order valence-corrected chi connectivity index (χ1v) is 24.5. The van der Waals surface area contributed by atoms with Gasteiger partial charge in [-0.2, -0.15) is 0 Å². The lowest BCUT2D eigenvalue weighted by atomic mass is 10.1. The summed E-state index contributed by atoms with van der Waals surface area (Å²) in [4.78, 5) is 15.4. The number of carbonyl (C=O) groups excluding carboxylic acids is 1. The summed E-state index contributed by atoms with van der Waals surface area (Å²) >= 11 is 0. The first kappa shape index (κ1) is 32.0. The van der Waals surface area contributed by atoms with Crippen molar-refractivity contribution in [3.8, 4) is 0 Å². The maximum atomic E-state index is 13.4. The molecule has 1 unspecified atom stereocenters. The van der Waals surface area contributed by atoms with Gasteiger partial charge >= 0.3 is 8.80 Å². The fourth-order valence-corrected chi connectivity index (χ4v) is 18.4. The monoisotopic (exact) mass is 519 g/mol. The van der Waals surface area contributed by atoms with Gasteiger partial charge in [0.1, 0.15) is 0 Å². The van der Waals surface area contributed by atoms with Gasteiger partial charge in [-0.05, 0) is 78.7 Å². The summed E-state index contributed by atoms with van der Waals surface area (Å²) in [5.41, 5.74) is 0.372. The Balaban J connectivity index is 6.47. The zero-order chi connectivity index (χ0) is 25.4. The van der Waals surface area contributed by atoms with Crippen LogP contribution in [0.25, 0.3) is 0 Å². The van der Waals surface area contributed by atoms with E-state index in [0.717, 1.165) is 19.3 Å². The molecule has 0 bridgehead atoms. The van der Waals surface area contributed by atoms with Crippen LogP contribution < -0.4 is 0 Å². The SMILES string of the molecule is C=C(C)C(=O)N(CCCCCCC)C(CC)[Si](O[Si](C)(C)C)(O[Si](C)(C)C)O[Si](C)(C)C. The van der Waals surface area contributed by atoms with Crippen LogP contribution in [0.3, 0.4) is 0 Å². The minimum atomic E-state index is -3.23. The van der Waals surface area contributed by atoms with E-state index < -0.39 is 33.8 Å². The van der Waals surface area contributed by atoms with E-state index in [-0.39, 0.29) is 11.6 Å². The maximum absolute atomic E-state index is 13.4. The zero-order valence-electron chi connectivity index (χ0n) is 23.3. The summed E-state index contributed by atoms with van der Waals surface area (Å²) < 4.78 is 20.9. The highest BCUT2D eigenvalue weighted by Gasteiger charge is 2.58. The lowest BCUT2D eigenvalue weighted by molar-refractivity contribution is -0.129. The summed E-state index contributed by atoms with van der Waals surface area (Å²) in [7, 11) is -9.33. The molecule has 5 nitrogen and oxygen atoms in total. The summed E-state index contributed by atoms with van der Waals surface area (Å²) in [5, 5.41) is 0. The predicted octanol–water partition coefficient (Wildman–Crippen LogP) is 7.17. The third-order valence-electron chi connectivity index (χ3n) is 4.64. The number of rotatable bonds is 16. The normalized spacial score (nSPS) is 14.4. The summed E-state index contributed by atoms with van der Waals surface area (Å²) in [6.45, 7) is 30.6. The van der Waals surface area contributed by atoms with Crippen LogP contribution in [0, 0.1) is 0 Å². The Bertz CT molecular complexity index is 553. The molecule has 0 aliphatic heterocycles. The lowest BCUT2D eigenvalue weighted by Crippen LogP contribution is -2.71. The molecule has 0 spiro atoms. The minimum Gasteiger partial charge on any atom is -0.416 e. The molecule has 0 aromatic rings. The number of unbranched alkanes of at least 4 members (excludes halogenated alkanes) is 4. The molecular weight excluding hydrogens is 467 g/mol. The molecule has 0 aromatic carbocycles. The predicted molar refractivity (Wildman–Crippen MR) is 148 cm³/mol. The summed E-state index contributed by atoms with van der Waals surface area (Å²) in [5.74, 6) is 0.00161. The molecule has 190 valence electrons. The van der Waals surface area contributed by atoms with Crippen molar-refractivity contribution in [2.24, 2.45) is 0 Å². The first-order valence-electron chi connectivity index (χ1n) is 12.4. The average molecular weight is 520 g/mol. The highest BCUT2D eigenvalue weighted by Crippen LogP contribution is 2.33. The molecule has 0 fully saturated rings. The molecular formula is C23H53NO4Si4. The van der Waals surface area contributed by atoms with Crippen LogP contribution in [0.5, 0.6) is 0 Å². The van der Waals surface area contributed by atoms with Crippen molar-refractivity contribution in [1.82, 2.24) is 4.90 Å². The van der Waals surface area contributed by atoms with Gasteiger partial charge in [-0.15, -0.1) is 0 Å². The molecule has 1 atom stereocenters. The Morgan fingerprint density at radius 1 is 0.781 bits per heavy atom. The van der Waals surface area contributed by atoms with Gasteiger partial charge in [0.25, 0.3) is 0 Å². The fraction of sp³-hybridized carbons (Fsp3) is 0.870. The molecule has 0 radical (unpaired) electrons. The van der Waals surface area contributed by atoms with Crippen LogP contribution in [-0.2, 0) is 17.1 Å². The second-order valence-electron chi connectivity index (χ2n) is 11.9. The average Bonchev–Trinajstić information content (AvgIpc) is 2.54. The van der Waals surface area contributed by atoms with Gasteiger partial charge in [-0.1, -0.05) is 46.1 Å². The molecule has 32 heavy (non-hydrogen) atoms. The largest absolute Gasteiger partial charge is 0.493 e. The van der Waals surface area contributed by atoms with Crippen LogP contribution in [0.2, 0.25) is 58.9 Å². The topological polar surface area (TPSA) is 48.0 Å². The third-order valence-corrected chi connectivity index (χ3v) is 16.9. The van der Waals surface area contributed by atoms with Crippen molar-refractivity contribution in [1.29, 1.82) is 0 Å². The van der Waals surface area contributed by atoms with Gasteiger partial charge in [0.05, 0.1) is 5.67 Å². The molecule has 9 heteroatoms. The van der Waals surface area contributed by atoms with Gasteiger partial charge in [-0.3, -0.25) is 4.79 Å². The second-order valence-corrected chi connectivity index (χ2v) is 28.9. The minimum absolute atomic E-state index is 0.00161. The van der Waals surface area contributed by atoms with Crippen molar-refractivity contribution in [3.63, 3.8) is 0 Å². The van der Waals surface area contributed by atoms with E-state index in [1.165, 1.54) is 19.3 Å². The van der Waals surface area contributed by atoms with Crippen LogP contribution in [0.4, 0.5) is 0 Å². The molecule has 0 aromatic heterocycles. The fourth-order valence-electron chi connectivity index (χ4n) is 3.74. The quantitative estimate of drug-likeness (QED) is 0.123. The van der Waals surface area contributed by atoms with Crippen LogP contribution >= 0.6 is 0 Å². The molecule has 0 rings (SSSR count). The third kappa shape index (κ3) is 12.4. The maximum Gasteiger partial charge on any atom is 0.493 e. The Hall–Kier alpha value is -0.0425. The van der Waals surface area contributed by atoms with Gasteiger partial charge in [-0.25, -0.2) is 0 Å². The van der Waals surface area contributed by atoms with Crippen molar-refractivity contribution in [2.45, 2.75) is 124 Å². The summed E-state index contributed by atoms with van der Waals surface area (Å²) in [6, 6.07) is 0. The Labute approximate surface area is 204 Å². The summed E-state index contributed by atoms with van der Waals surface area (Å²) in [6.07, 6.45) is 6.50.